The largest absolute Gasteiger partial charge is 0.489 e. The Labute approximate surface area is 126 Å². The molecule has 1 aromatic rings. The van der Waals surface area contributed by atoms with E-state index < -0.39 is 5.79 Å². The summed E-state index contributed by atoms with van der Waals surface area (Å²) in [6.07, 6.45) is 2.80. The van der Waals surface area contributed by atoms with Gasteiger partial charge in [-0.25, -0.2) is 0 Å². The molecule has 1 saturated heterocycles. The first-order valence-electron chi connectivity index (χ1n) is 7.80. The van der Waals surface area contributed by atoms with Gasteiger partial charge in [0.15, 0.2) is 5.79 Å². The predicted molar refractivity (Wildman–Crippen MR) is 81.7 cm³/mol. The molecule has 4 nitrogen and oxygen atoms in total. The second-order valence-electron chi connectivity index (χ2n) is 6.23. The molecule has 2 fully saturated rings. The zero-order valence-corrected chi connectivity index (χ0v) is 13.1. The summed E-state index contributed by atoms with van der Waals surface area (Å²) in [5, 5.41) is 3.37. The fourth-order valence-corrected chi connectivity index (χ4v) is 3.50. The number of hydrogen-bond donors (Lipinski definition) is 1. The van der Waals surface area contributed by atoms with E-state index in [2.05, 4.69) is 37.4 Å². The Balaban J connectivity index is 1.76. The zero-order valence-electron chi connectivity index (χ0n) is 13.1. The minimum atomic E-state index is -0.420. The third-order valence-electron chi connectivity index (χ3n) is 4.46. The molecule has 1 N–H and O–H groups in total. The maximum absolute atomic E-state index is 6.28. The molecule has 0 radical (unpaired) electrons. The van der Waals surface area contributed by atoms with E-state index in [4.69, 9.17) is 14.2 Å². The number of rotatable bonds is 3. The second kappa shape index (κ2) is 5.95. The third kappa shape index (κ3) is 3.23. The second-order valence-corrected chi connectivity index (χ2v) is 6.23. The fourth-order valence-electron chi connectivity index (χ4n) is 3.50. The van der Waals surface area contributed by atoms with Crippen LogP contribution < -0.4 is 10.1 Å². The number of benzene rings is 1. The molecule has 0 bridgehead atoms. The lowest BCUT2D eigenvalue weighted by Crippen LogP contribution is -2.52. The van der Waals surface area contributed by atoms with Crippen molar-refractivity contribution in [2.45, 2.75) is 51.0 Å². The Morgan fingerprint density at radius 3 is 2.43 bits per heavy atom. The minimum absolute atomic E-state index is 0.0723. The molecule has 1 aromatic carbocycles. The average molecular weight is 291 g/mol. The first-order valence-corrected chi connectivity index (χ1v) is 7.80. The SMILES string of the molecule is CNC1CCC2(CC1Oc1cc(C)cc(C)c1)OCCO2. The van der Waals surface area contributed by atoms with Crippen LogP contribution >= 0.6 is 0 Å². The summed E-state index contributed by atoms with van der Waals surface area (Å²) < 4.78 is 18.0. The van der Waals surface area contributed by atoms with Crippen LogP contribution in [0.3, 0.4) is 0 Å². The highest BCUT2D eigenvalue weighted by atomic mass is 16.7. The fraction of sp³-hybridized carbons (Fsp3) is 0.647. The molecule has 1 aliphatic heterocycles. The van der Waals surface area contributed by atoms with Crippen LogP contribution in [0.15, 0.2) is 18.2 Å². The summed E-state index contributed by atoms with van der Waals surface area (Å²) in [6.45, 7) is 5.59. The topological polar surface area (TPSA) is 39.7 Å². The summed E-state index contributed by atoms with van der Waals surface area (Å²) in [7, 11) is 2.00. The Kier molecular flexibility index (Phi) is 4.20. The molecule has 0 amide bonds. The van der Waals surface area contributed by atoms with Gasteiger partial charge >= 0.3 is 0 Å². The zero-order chi connectivity index (χ0) is 14.9. The van der Waals surface area contributed by atoms with Gasteiger partial charge in [-0.1, -0.05) is 6.07 Å². The van der Waals surface area contributed by atoms with Crippen LogP contribution in [0.5, 0.6) is 5.75 Å². The van der Waals surface area contributed by atoms with E-state index in [0.717, 1.165) is 25.0 Å². The molecule has 1 saturated carbocycles. The molecule has 1 spiro atoms. The van der Waals surface area contributed by atoms with Crippen molar-refractivity contribution in [2.24, 2.45) is 0 Å². The monoisotopic (exact) mass is 291 g/mol. The molecule has 2 atom stereocenters. The maximum Gasteiger partial charge on any atom is 0.172 e. The number of ether oxygens (including phenoxy) is 3. The molecule has 116 valence electrons. The quantitative estimate of drug-likeness (QED) is 0.929. The molecule has 4 heteroatoms. The van der Waals surface area contributed by atoms with Gasteiger partial charge in [-0.2, -0.15) is 0 Å². The van der Waals surface area contributed by atoms with Crippen molar-refractivity contribution < 1.29 is 14.2 Å². The standard InChI is InChI=1S/C17H25NO3/c1-12-8-13(2)10-14(9-12)21-16-11-17(19-6-7-20-17)5-4-15(16)18-3/h8-10,15-16,18H,4-7,11H2,1-3H3. The number of likely N-dealkylation sites (N-methyl/N-ethyl adjacent to an activating group) is 1. The van der Waals surface area contributed by atoms with Crippen LogP contribution in [0.25, 0.3) is 0 Å². The van der Waals surface area contributed by atoms with Gasteiger partial charge in [0.2, 0.25) is 0 Å². The van der Waals surface area contributed by atoms with Gasteiger partial charge in [0.25, 0.3) is 0 Å². The Morgan fingerprint density at radius 2 is 1.81 bits per heavy atom. The molecule has 1 aliphatic carbocycles. The van der Waals surface area contributed by atoms with Gasteiger partial charge in [0.1, 0.15) is 11.9 Å². The molecule has 1 heterocycles. The molecule has 2 aliphatic rings. The van der Waals surface area contributed by atoms with E-state index in [9.17, 15) is 0 Å². The van der Waals surface area contributed by atoms with E-state index in [1.807, 2.05) is 7.05 Å². The van der Waals surface area contributed by atoms with E-state index in [-0.39, 0.29) is 6.10 Å². The highest BCUT2D eigenvalue weighted by molar-refractivity contribution is 5.33. The predicted octanol–water partition coefficient (Wildman–Crippen LogP) is 2.57. The van der Waals surface area contributed by atoms with Crippen LogP contribution in [-0.2, 0) is 9.47 Å². The van der Waals surface area contributed by atoms with Crippen LogP contribution in [0, 0.1) is 13.8 Å². The Bertz CT molecular complexity index is 477. The van der Waals surface area contributed by atoms with Crippen molar-refractivity contribution in [1.82, 2.24) is 5.32 Å². The molecular formula is C17H25NO3. The van der Waals surface area contributed by atoms with Crippen molar-refractivity contribution in [2.75, 3.05) is 20.3 Å². The number of aryl methyl sites for hydroxylation is 2. The van der Waals surface area contributed by atoms with E-state index >= 15 is 0 Å². The minimum Gasteiger partial charge on any atom is -0.489 e. The highest BCUT2D eigenvalue weighted by Gasteiger charge is 2.45. The van der Waals surface area contributed by atoms with Crippen molar-refractivity contribution in [3.8, 4) is 5.75 Å². The lowest BCUT2D eigenvalue weighted by atomic mass is 9.87. The van der Waals surface area contributed by atoms with Crippen molar-refractivity contribution in [3.05, 3.63) is 29.3 Å². The van der Waals surface area contributed by atoms with Crippen LogP contribution in [-0.4, -0.2) is 38.2 Å². The molecule has 21 heavy (non-hydrogen) atoms. The highest BCUT2D eigenvalue weighted by Crippen LogP contribution is 2.37. The van der Waals surface area contributed by atoms with Gasteiger partial charge in [-0.3, -0.25) is 0 Å². The Morgan fingerprint density at radius 1 is 1.14 bits per heavy atom. The van der Waals surface area contributed by atoms with E-state index in [1.54, 1.807) is 0 Å². The van der Waals surface area contributed by atoms with Gasteiger partial charge < -0.3 is 19.5 Å². The first kappa shape index (κ1) is 14.8. The van der Waals surface area contributed by atoms with E-state index in [1.165, 1.54) is 11.1 Å². The van der Waals surface area contributed by atoms with Crippen molar-refractivity contribution >= 4 is 0 Å². The number of hydrogen-bond acceptors (Lipinski definition) is 4. The summed E-state index contributed by atoms with van der Waals surface area (Å²) in [6, 6.07) is 6.69. The summed E-state index contributed by atoms with van der Waals surface area (Å²) >= 11 is 0. The number of nitrogens with one attached hydrogen (secondary N) is 1. The van der Waals surface area contributed by atoms with E-state index in [0.29, 0.717) is 19.3 Å². The lowest BCUT2D eigenvalue weighted by molar-refractivity contribution is -0.196. The normalized spacial score (nSPS) is 28.0. The average Bonchev–Trinajstić information content (AvgIpc) is 2.86. The van der Waals surface area contributed by atoms with Crippen molar-refractivity contribution in [1.29, 1.82) is 0 Å². The van der Waals surface area contributed by atoms with Gasteiger partial charge in [0, 0.05) is 18.9 Å². The first-order chi connectivity index (χ1) is 10.1. The molecule has 3 rings (SSSR count). The van der Waals surface area contributed by atoms with Crippen molar-refractivity contribution in [3.63, 3.8) is 0 Å². The Hall–Kier alpha value is -1.10. The van der Waals surface area contributed by atoms with Crippen LogP contribution in [0.1, 0.15) is 30.4 Å². The lowest BCUT2D eigenvalue weighted by Gasteiger charge is -2.40. The van der Waals surface area contributed by atoms with Crippen LogP contribution in [0.2, 0.25) is 0 Å². The third-order valence-corrected chi connectivity index (χ3v) is 4.46. The van der Waals surface area contributed by atoms with Gasteiger partial charge in [-0.15, -0.1) is 0 Å². The summed E-state index contributed by atoms with van der Waals surface area (Å²) in [4.78, 5) is 0. The summed E-state index contributed by atoms with van der Waals surface area (Å²) in [5.74, 6) is 0.518. The molecule has 2 unspecified atom stereocenters. The molecular weight excluding hydrogens is 266 g/mol. The van der Waals surface area contributed by atoms with Crippen LogP contribution in [0.4, 0.5) is 0 Å². The molecule has 0 aromatic heterocycles. The maximum atomic E-state index is 6.28. The summed E-state index contributed by atoms with van der Waals surface area (Å²) in [5.41, 5.74) is 2.45. The van der Waals surface area contributed by atoms with Gasteiger partial charge in [-0.05, 0) is 50.6 Å². The smallest absolute Gasteiger partial charge is 0.172 e. The van der Waals surface area contributed by atoms with Gasteiger partial charge in [0.05, 0.1) is 13.2 Å².